The van der Waals surface area contributed by atoms with Gasteiger partial charge in [-0.2, -0.15) is 0 Å². The lowest BCUT2D eigenvalue weighted by Crippen LogP contribution is -1.97. The summed E-state index contributed by atoms with van der Waals surface area (Å²) in [4.78, 5) is 10.5. The van der Waals surface area contributed by atoms with Crippen molar-refractivity contribution in [3.05, 3.63) is 206 Å². The number of hydrogen-bond acceptors (Lipinski definition) is 2. The van der Waals surface area contributed by atoms with Crippen LogP contribution in [0.2, 0.25) is 0 Å². The van der Waals surface area contributed by atoms with E-state index in [1.54, 1.807) is 0 Å². The second-order valence-corrected chi connectivity index (χ2v) is 15.1. The second kappa shape index (κ2) is 12.9. The highest BCUT2D eigenvalue weighted by Gasteiger charge is 2.19. The van der Waals surface area contributed by atoms with Gasteiger partial charge < -0.3 is 9.13 Å². The van der Waals surface area contributed by atoms with Crippen molar-refractivity contribution in [3.8, 4) is 45.3 Å². The number of benzene rings is 9. The third-order valence-corrected chi connectivity index (χ3v) is 11.7. The smallest absolute Gasteiger partial charge is 0.160 e. The maximum absolute atomic E-state index is 5.23. The van der Waals surface area contributed by atoms with E-state index in [0.29, 0.717) is 5.82 Å². The lowest BCUT2D eigenvalue weighted by molar-refractivity contribution is 1.16. The minimum Gasteiger partial charge on any atom is -0.309 e. The average molecular weight is 739 g/mol. The van der Waals surface area contributed by atoms with Gasteiger partial charge in [0, 0.05) is 49.6 Å². The van der Waals surface area contributed by atoms with E-state index < -0.39 is 0 Å². The van der Waals surface area contributed by atoms with Crippen LogP contribution in [-0.4, -0.2) is 19.1 Å². The van der Waals surface area contributed by atoms with Gasteiger partial charge in [-0.15, -0.1) is 0 Å². The summed E-state index contributed by atoms with van der Waals surface area (Å²) in [5.41, 5.74) is 11.8. The molecule has 0 saturated heterocycles. The summed E-state index contributed by atoms with van der Waals surface area (Å²) in [7, 11) is 0. The molecule has 0 saturated carbocycles. The predicted molar refractivity (Wildman–Crippen MR) is 242 cm³/mol. The molecule has 0 unspecified atom stereocenters. The predicted octanol–water partition coefficient (Wildman–Crippen LogP) is 14.0. The first-order chi connectivity index (χ1) is 28.7. The van der Waals surface area contributed by atoms with Crippen molar-refractivity contribution in [1.82, 2.24) is 19.1 Å². The summed E-state index contributed by atoms with van der Waals surface area (Å²) in [6.45, 7) is 0. The Morgan fingerprint density at radius 2 is 0.707 bits per heavy atom. The lowest BCUT2D eigenvalue weighted by Gasteiger charge is -2.12. The van der Waals surface area contributed by atoms with E-state index in [2.05, 4.69) is 215 Å². The highest BCUT2D eigenvalue weighted by atomic mass is 15.0. The third kappa shape index (κ3) is 5.16. The first-order valence-corrected chi connectivity index (χ1v) is 19.7. The summed E-state index contributed by atoms with van der Waals surface area (Å²) >= 11 is 0. The highest BCUT2D eigenvalue weighted by Crippen LogP contribution is 2.40. The third-order valence-electron chi connectivity index (χ3n) is 11.7. The van der Waals surface area contributed by atoms with Crippen LogP contribution in [0.3, 0.4) is 0 Å². The number of aromatic nitrogens is 4. The van der Waals surface area contributed by atoms with Crippen LogP contribution in [0.4, 0.5) is 0 Å². The maximum Gasteiger partial charge on any atom is 0.160 e. The summed E-state index contributed by atoms with van der Waals surface area (Å²) < 4.78 is 4.79. The highest BCUT2D eigenvalue weighted by molar-refractivity contribution is 6.19. The second-order valence-electron chi connectivity index (χ2n) is 15.1. The molecule has 0 aliphatic carbocycles. The van der Waals surface area contributed by atoms with Crippen LogP contribution in [0, 0.1) is 0 Å². The van der Waals surface area contributed by atoms with E-state index in [4.69, 9.17) is 9.97 Å². The molecule has 0 spiro atoms. The van der Waals surface area contributed by atoms with Crippen LogP contribution in [0.1, 0.15) is 0 Å². The number of fused-ring (bicyclic) bond motifs is 8. The molecular weight excluding hydrogens is 705 g/mol. The number of rotatable bonds is 5. The summed E-state index contributed by atoms with van der Waals surface area (Å²) in [5, 5.41) is 9.69. The lowest BCUT2D eigenvalue weighted by atomic mass is 10.0. The van der Waals surface area contributed by atoms with Crippen LogP contribution in [0.15, 0.2) is 206 Å². The fraction of sp³-hybridized carbons (Fsp3) is 0. The molecule has 12 rings (SSSR count). The Morgan fingerprint density at radius 1 is 0.276 bits per heavy atom. The quantitative estimate of drug-likeness (QED) is 0.176. The molecule has 0 radical (unpaired) electrons. The molecule has 3 aromatic heterocycles. The molecule has 270 valence electrons. The van der Waals surface area contributed by atoms with Crippen LogP contribution in [0.25, 0.3) is 110 Å². The fourth-order valence-electron chi connectivity index (χ4n) is 8.89. The van der Waals surface area contributed by atoms with E-state index in [1.807, 2.05) is 0 Å². The van der Waals surface area contributed by atoms with Gasteiger partial charge in [0.15, 0.2) is 5.82 Å². The molecule has 58 heavy (non-hydrogen) atoms. The monoisotopic (exact) mass is 738 g/mol. The van der Waals surface area contributed by atoms with E-state index in [1.165, 1.54) is 65.2 Å². The molecule has 0 bridgehead atoms. The van der Waals surface area contributed by atoms with E-state index in [9.17, 15) is 0 Å². The topological polar surface area (TPSA) is 35.6 Å². The minimum atomic E-state index is 0.693. The van der Waals surface area contributed by atoms with E-state index in [-0.39, 0.29) is 0 Å². The Labute approximate surface area is 334 Å². The molecule has 0 amide bonds. The first-order valence-electron chi connectivity index (χ1n) is 19.7. The zero-order valence-corrected chi connectivity index (χ0v) is 31.4. The molecule has 0 fully saturated rings. The van der Waals surface area contributed by atoms with Crippen molar-refractivity contribution < 1.29 is 0 Å². The van der Waals surface area contributed by atoms with Gasteiger partial charge in [-0.1, -0.05) is 127 Å². The summed E-state index contributed by atoms with van der Waals surface area (Å²) in [5.74, 6) is 0.693. The van der Waals surface area contributed by atoms with Crippen molar-refractivity contribution in [2.24, 2.45) is 0 Å². The van der Waals surface area contributed by atoms with Crippen molar-refractivity contribution >= 4 is 65.2 Å². The van der Waals surface area contributed by atoms with Crippen molar-refractivity contribution in [1.29, 1.82) is 0 Å². The van der Waals surface area contributed by atoms with Crippen molar-refractivity contribution in [2.75, 3.05) is 0 Å². The van der Waals surface area contributed by atoms with Gasteiger partial charge in [0.1, 0.15) is 0 Å². The molecule has 3 heterocycles. The number of nitrogens with zero attached hydrogens (tertiary/aromatic N) is 4. The van der Waals surface area contributed by atoms with Gasteiger partial charge in [0.05, 0.1) is 33.5 Å². The van der Waals surface area contributed by atoms with Gasteiger partial charge in [-0.05, 0) is 100 Å². The van der Waals surface area contributed by atoms with Gasteiger partial charge in [0.25, 0.3) is 0 Å². The standard InChI is InChI=1S/C54H34N4/c1-2-16-42(17-3-1)57-50-20-10-8-18-44(50)46-33-53-47(32-52(46)57)45-19-9-11-21-51(45)58(53)43-28-26-37(27-29-43)54-55-48(40-24-22-35-12-4-6-14-38(35)30-40)34-49(56-54)41-25-23-36-13-5-7-15-39(36)31-41/h1-34H. The molecular formula is C54H34N4. The SMILES string of the molecule is c1ccc(-n2c3ccccc3c3cc4c(cc32)c2ccccc2n4-c2ccc(-c3nc(-c4ccc5ccccc5c4)cc(-c4ccc5ccccc5c4)n3)cc2)cc1. The zero-order valence-electron chi connectivity index (χ0n) is 31.4. The summed E-state index contributed by atoms with van der Waals surface area (Å²) in [6, 6.07) is 73.8. The van der Waals surface area contributed by atoms with Crippen LogP contribution in [-0.2, 0) is 0 Å². The van der Waals surface area contributed by atoms with E-state index >= 15 is 0 Å². The van der Waals surface area contributed by atoms with Crippen LogP contribution >= 0.6 is 0 Å². The first kappa shape index (κ1) is 32.4. The van der Waals surface area contributed by atoms with Crippen LogP contribution < -0.4 is 0 Å². The van der Waals surface area contributed by atoms with Gasteiger partial charge in [-0.3, -0.25) is 0 Å². The molecule has 0 N–H and O–H groups in total. The Hall–Kier alpha value is -7.82. The largest absolute Gasteiger partial charge is 0.309 e. The molecule has 0 aliphatic heterocycles. The Kier molecular flexibility index (Phi) is 7.20. The Bertz CT molecular complexity index is 3460. The molecule has 4 heteroatoms. The molecule has 9 aromatic carbocycles. The maximum atomic E-state index is 5.23. The Balaban J connectivity index is 1.03. The number of para-hydroxylation sites is 3. The van der Waals surface area contributed by atoms with Crippen molar-refractivity contribution in [2.45, 2.75) is 0 Å². The van der Waals surface area contributed by atoms with Crippen molar-refractivity contribution in [3.63, 3.8) is 0 Å². The van der Waals surface area contributed by atoms with E-state index in [0.717, 1.165) is 39.5 Å². The molecule has 0 atom stereocenters. The summed E-state index contributed by atoms with van der Waals surface area (Å²) in [6.07, 6.45) is 0. The molecule has 4 nitrogen and oxygen atoms in total. The zero-order chi connectivity index (χ0) is 38.2. The van der Waals surface area contributed by atoms with Gasteiger partial charge in [-0.25, -0.2) is 9.97 Å². The normalized spacial score (nSPS) is 11.8. The fourth-order valence-corrected chi connectivity index (χ4v) is 8.89. The van der Waals surface area contributed by atoms with Gasteiger partial charge in [0.2, 0.25) is 0 Å². The van der Waals surface area contributed by atoms with Crippen LogP contribution in [0.5, 0.6) is 0 Å². The molecule has 0 aliphatic rings. The Morgan fingerprint density at radius 3 is 1.24 bits per heavy atom. The van der Waals surface area contributed by atoms with Gasteiger partial charge >= 0.3 is 0 Å². The minimum absolute atomic E-state index is 0.693. The number of hydrogen-bond donors (Lipinski definition) is 0. The average Bonchev–Trinajstić information content (AvgIpc) is 3.80. The molecule has 12 aromatic rings.